The third-order valence-corrected chi connectivity index (χ3v) is 2.44. The molecule has 15 heavy (non-hydrogen) atoms. The molecule has 0 unspecified atom stereocenters. The Labute approximate surface area is 89.1 Å². The summed E-state index contributed by atoms with van der Waals surface area (Å²) in [7, 11) is 0. The van der Waals surface area contributed by atoms with Gasteiger partial charge in [-0.3, -0.25) is 0 Å². The van der Waals surface area contributed by atoms with Gasteiger partial charge in [-0.05, 0) is 12.3 Å². The van der Waals surface area contributed by atoms with Crippen LogP contribution in [0.1, 0.15) is 47.5 Å². The summed E-state index contributed by atoms with van der Waals surface area (Å²) in [5.74, 6) is -7.88. The van der Waals surface area contributed by atoms with E-state index >= 15 is 0 Å². The van der Waals surface area contributed by atoms with Gasteiger partial charge >= 0.3 is 11.8 Å². The van der Waals surface area contributed by atoms with Crippen molar-refractivity contribution >= 4 is 0 Å². The van der Waals surface area contributed by atoms with Crippen molar-refractivity contribution in [1.29, 1.82) is 0 Å². The van der Waals surface area contributed by atoms with Gasteiger partial charge in [0, 0.05) is 11.8 Å². The van der Waals surface area contributed by atoms with E-state index in [1.165, 1.54) is 0 Å². The Bertz CT molecular complexity index is 201. The van der Waals surface area contributed by atoms with Crippen molar-refractivity contribution in [1.82, 2.24) is 0 Å². The van der Waals surface area contributed by atoms with Gasteiger partial charge in [0.15, 0.2) is 0 Å². The van der Waals surface area contributed by atoms with Crippen molar-refractivity contribution in [3.63, 3.8) is 0 Å². The van der Waals surface area contributed by atoms with Crippen molar-refractivity contribution in [2.75, 3.05) is 0 Å². The standard InChI is InChI=1S/C11H20F4/c1-8(2)6-7-10(12,13)11(14,15)9(3,4)5/h8H,6-7H2,1-5H3. The number of alkyl halides is 4. The summed E-state index contributed by atoms with van der Waals surface area (Å²) in [5, 5.41) is 0. The molecular weight excluding hydrogens is 208 g/mol. The summed E-state index contributed by atoms with van der Waals surface area (Å²) < 4.78 is 53.4. The summed E-state index contributed by atoms with van der Waals surface area (Å²) in [6.07, 6.45) is -0.645. The molecule has 0 N–H and O–H groups in total. The van der Waals surface area contributed by atoms with Crippen molar-refractivity contribution in [3.05, 3.63) is 0 Å². The van der Waals surface area contributed by atoms with Crippen LogP contribution in [0.15, 0.2) is 0 Å². The van der Waals surface area contributed by atoms with E-state index in [2.05, 4.69) is 0 Å². The van der Waals surface area contributed by atoms with Crippen molar-refractivity contribution in [2.45, 2.75) is 59.3 Å². The second-order valence-electron chi connectivity index (χ2n) is 5.46. The summed E-state index contributed by atoms with van der Waals surface area (Å²) in [6, 6.07) is 0. The van der Waals surface area contributed by atoms with Crippen LogP contribution in [0, 0.1) is 11.3 Å². The number of halogens is 4. The van der Waals surface area contributed by atoms with Crippen LogP contribution in [0.5, 0.6) is 0 Å². The molecule has 0 heterocycles. The van der Waals surface area contributed by atoms with E-state index in [4.69, 9.17) is 0 Å². The molecule has 0 atom stereocenters. The van der Waals surface area contributed by atoms with Crippen LogP contribution in [0.3, 0.4) is 0 Å². The molecule has 0 spiro atoms. The smallest absolute Gasteiger partial charge is 0.200 e. The molecule has 0 fully saturated rings. The predicted molar refractivity (Wildman–Crippen MR) is 53.4 cm³/mol. The Morgan fingerprint density at radius 1 is 0.933 bits per heavy atom. The zero-order valence-corrected chi connectivity index (χ0v) is 10.0. The molecule has 0 saturated heterocycles. The molecule has 0 rings (SSSR count). The predicted octanol–water partition coefficient (Wildman–Crippen LogP) is 4.74. The summed E-state index contributed by atoms with van der Waals surface area (Å²) in [5.41, 5.74) is -1.71. The lowest BCUT2D eigenvalue weighted by Crippen LogP contribution is -2.50. The molecule has 0 aromatic carbocycles. The van der Waals surface area contributed by atoms with Crippen LogP contribution >= 0.6 is 0 Å². The van der Waals surface area contributed by atoms with Crippen LogP contribution in [0.25, 0.3) is 0 Å². The van der Waals surface area contributed by atoms with Crippen LogP contribution in [-0.4, -0.2) is 11.8 Å². The molecule has 92 valence electrons. The van der Waals surface area contributed by atoms with Gasteiger partial charge in [0.1, 0.15) is 0 Å². The molecule has 0 aliphatic carbocycles. The molecule has 0 aliphatic rings. The van der Waals surface area contributed by atoms with Crippen LogP contribution < -0.4 is 0 Å². The maximum atomic E-state index is 13.4. The quantitative estimate of drug-likeness (QED) is 0.610. The van der Waals surface area contributed by atoms with Crippen LogP contribution in [0.4, 0.5) is 17.6 Å². The monoisotopic (exact) mass is 228 g/mol. The molecule has 4 heteroatoms. The van der Waals surface area contributed by atoms with Gasteiger partial charge in [0.05, 0.1) is 0 Å². The minimum atomic E-state index is -3.96. The van der Waals surface area contributed by atoms with E-state index in [9.17, 15) is 17.6 Å². The number of hydrogen-bond donors (Lipinski definition) is 0. The highest BCUT2D eigenvalue weighted by atomic mass is 19.3. The Morgan fingerprint density at radius 3 is 1.60 bits per heavy atom. The maximum absolute atomic E-state index is 13.4. The number of hydrogen-bond acceptors (Lipinski definition) is 0. The van der Waals surface area contributed by atoms with Gasteiger partial charge in [0.25, 0.3) is 0 Å². The van der Waals surface area contributed by atoms with E-state index < -0.39 is 23.7 Å². The average Bonchev–Trinajstić information content (AvgIpc) is 1.98. The Kier molecular flexibility index (Phi) is 4.22. The lowest BCUT2D eigenvalue weighted by Gasteiger charge is -2.36. The minimum Gasteiger partial charge on any atom is -0.200 e. The Morgan fingerprint density at radius 2 is 1.33 bits per heavy atom. The van der Waals surface area contributed by atoms with Crippen molar-refractivity contribution < 1.29 is 17.6 Å². The Balaban J connectivity index is 4.70. The first-order valence-corrected chi connectivity index (χ1v) is 5.17. The van der Waals surface area contributed by atoms with Crippen molar-refractivity contribution in [2.24, 2.45) is 11.3 Å². The largest absolute Gasteiger partial charge is 0.314 e. The van der Waals surface area contributed by atoms with Crippen LogP contribution in [-0.2, 0) is 0 Å². The maximum Gasteiger partial charge on any atom is 0.314 e. The van der Waals surface area contributed by atoms with E-state index in [0.717, 1.165) is 20.8 Å². The highest BCUT2D eigenvalue weighted by Gasteiger charge is 2.62. The van der Waals surface area contributed by atoms with Crippen molar-refractivity contribution in [3.8, 4) is 0 Å². The first-order valence-electron chi connectivity index (χ1n) is 5.17. The highest BCUT2D eigenvalue weighted by molar-refractivity contribution is 4.93. The molecule has 0 aromatic heterocycles. The van der Waals surface area contributed by atoms with Crippen LogP contribution in [0.2, 0.25) is 0 Å². The minimum absolute atomic E-state index is 0.00615. The van der Waals surface area contributed by atoms with Gasteiger partial charge < -0.3 is 0 Å². The molecule has 0 radical (unpaired) electrons. The second-order valence-corrected chi connectivity index (χ2v) is 5.46. The molecule has 0 aromatic rings. The Hall–Kier alpha value is -0.280. The lowest BCUT2D eigenvalue weighted by molar-refractivity contribution is -0.260. The SMILES string of the molecule is CC(C)CCC(F)(F)C(F)(F)C(C)(C)C. The van der Waals surface area contributed by atoms with Gasteiger partial charge in [-0.1, -0.05) is 34.6 Å². The van der Waals surface area contributed by atoms with Gasteiger partial charge in [0.2, 0.25) is 0 Å². The molecule has 0 amide bonds. The first kappa shape index (κ1) is 14.7. The molecular formula is C11H20F4. The fraction of sp³-hybridized carbons (Fsp3) is 1.00. The third kappa shape index (κ3) is 3.35. The highest BCUT2D eigenvalue weighted by Crippen LogP contribution is 2.49. The molecule has 0 aliphatic heterocycles. The lowest BCUT2D eigenvalue weighted by atomic mass is 9.82. The fourth-order valence-electron chi connectivity index (χ4n) is 1.18. The summed E-state index contributed by atoms with van der Waals surface area (Å²) in [6.45, 7) is 6.89. The zero-order chi connectivity index (χ0) is 12.5. The summed E-state index contributed by atoms with van der Waals surface area (Å²) in [4.78, 5) is 0. The number of rotatable bonds is 4. The van der Waals surface area contributed by atoms with Gasteiger partial charge in [-0.25, -0.2) is 0 Å². The molecule has 0 nitrogen and oxygen atoms in total. The normalized spacial score (nSPS) is 14.8. The van der Waals surface area contributed by atoms with E-state index in [1.807, 2.05) is 0 Å². The molecule has 0 bridgehead atoms. The second kappa shape index (κ2) is 4.30. The van der Waals surface area contributed by atoms with Gasteiger partial charge in [-0.15, -0.1) is 0 Å². The molecule has 0 saturated carbocycles. The zero-order valence-electron chi connectivity index (χ0n) is 10.0. The topological polar surface area (TPSA) is 0 Å². The summed E-state index contributed by atoms with van der Waals surface area (Å²) >= 11 is 0. The average molecular weight is 228 g/mol. The van der Waals surface area contributed by atoms with E-state index in [1.54, 1.807) is 13.8 Å². The van der Waals surface area contributed by atoms with Gasteiger partial charge in [-0.2, -0.15) is 17.6 Å². The van der Waals surface area contributed by atoms with E-state index in [0.29, 0.717) is 0 Å². The first-order chi connectivity index (χ1) is 6.42. The van der Waals surface area contributed by atoms with E-state index in [-0.39, 0.29) is 12.3 Å². The third-order valence-electron chi connectivity index (χ3n) is 2.44. The fourth-order valence-corrected chi connectivity index (χ4v) is 1.18.